The van der Waals surface area contributed by atoms with Crippen LogP contribution in [-0.2, 0) is 5.41 Å². The van der Waals surface area contributed by atoms with E-state index in [0.29, 0.717) is 0 Å². The van der Waals surface area contributed by atoms with Crippen molar-refractivity contribution < 1.29 is 4.58 Å². The summed E-state index contributed by atoms with van der Waals surface area (Å²) < 4.78 is 2.50. The van der Waals surface area contributed by atoms with Crippen LogP contribution >= 0.6 is 0 Å². The Kier molecular flexibility index (Phi) is 2.68. The third-order valence-corrected chi connectivity index (χ3v) is 3.76. The number of benzene rings is 1. The Morgan fingerprint density at radius 1 is 1.12 bits per heavy atom. The second-order valence-electron chi connectivity index (χ2n) is 6.49. The fourth-order valence-corrected chi connectivity index (χ4v) is 3.49. The van der Waals surface area contributed by atoms with E-state index >= 15 is 0 Å². The molecule has 2 rings (SSSR count). The first-order valence-electron chi connectivity index (χ1n) is 6.55. The van der Waals surface area contributed by atoms with Gasteiger partial charge in [-0.1, -0.05) is 39.0 Å². The lowest BCUT2D eigenvalue weighted by Crippen LogP contribution is -2.39. The molecule has 1 aromatic carbocycles. The maximum atomic E-state index is 2.50. The third-order valence-electron chi connectivity index (χ3n) is 3.76. The van der Waals surface area contributed by atoms with Crippen molar-refractivity contribution in [2.45, 2.75) is 47.0 Å². The molecule has 0 amide bonds. The van der Waals surface area contributed by atoms with E-state index in [1.165, 1.54) is 17.0 Å². The molecule has 0 bridgehead atoms. The van der Waals surface area contributed by atoms with E-state index in [9.17, 15) is 0 Å². The van der Waals surface area contributed by atoms with Gasteiger partial charge < -0.3 is 0 Å². The summed E-state index contributed by atoms with van der Waals surface area (Å²) in [6.07, 6.45) is 0. The molecule has 0 atom stereocenters. The van der Waals surface area contributed by atoms with E-state index in [0.717, 1.165) is 6.54 Å². The fourth-order valence-electron chi connectivity index (χ4n) is 3.49. The lowest BCUT2D eigenvalue weighted by Gasteiger charge is -2.27. The first-order valence-corrected chi connectivity index (χ1v) is 6.55. The van der Waals surface area contributed by atoms with E-state index in [4.69, 9.17) is 0 Å². The van der Waals surface area contributed by atoms with Crippen molar-refractivity contribution >= 4 is 11.4 Å². The summed E-state index contributed by atoms with van der Waals surface area (Å²) in [5.74, 6) is 0. The van der Waals surface area contributed by atoms with Crippen LogP contribution in [0.3, 0.4) is 0 Å². The van der Waals surface area contributed by atoms with E-state index in [1.807, 2.05) is 0 Å². The van der Waals surface area contributed by atoms with Gasteiger partial charge in [-0.2, -0.15) is 4.58 Å². The van der Waals surface area contributed by atoms with Crippen LogP contribution in [0.25, 0.3) is 0 Å². The van der Waals surface area contributed by atoms with Gasteiger partial charge in [0, 0.05) is 17.0 Å². The standard InChI is InChI=1S/C16H24N/c1-7-17-13-11-9-8-10-12(13)16(5,6)14(17)15(2,3)4/h8-11H,7H2,1-6H3/q+1. The van der Waals surface area contributed by atoms with Gasteiger partial charge in [-0.3, -0.25) is 0 Å². The SMILES string of the molecule is CC[N+]1=C(C(C)(C)C)C(C)(C)c2ccccc21. The van der Waals surface area contributed by atoms with Crippen LogP contribution in [0.2, 0.25) is 0 Å². The van der Waals surface area contributed by atoms with Gasteiger partial charge >= 0.3 is 0 Å². The van der Waals surface area contributed by atoms with Crippen molar-refractivity contribution in [1.82, 2.24) is 0 Å². The Morgan fingerprint density at radius 3 is 2.24 bits per heavy atom. The Morgan fingerprint density at radius 2 is 1.71 bits per heavy atom. The van der Waals surface area contributed by atoms with Crippen LogP contribution in [0.4, 0.5) is 5.69 Å². The van der Waals surface area contributed by atoms with Gasteiger partial charge in [-0.25, -0.2) is 0 Å². The summed E-state index contributed by atoms with van der Waals surface area (Å²) in [5.41, 5.74) is 4.74. The topological polar surface area (TPSA) is 3.01 Å². The molecule has 1 heteroatoms. The summed E-state index contributed by atoms with van der Waals surface area (Å²) in [6.45, 7) is 14.9. The lowest BCUT2D eigenvalue weighted by atomic mass is 9.71. The summed E-state index contributed by atoms with van der Waals surface area (Å²) in [5, 5.41) is 0. The van der Waals surface area contributed by atoms with Crippen LogP contribution < -0.4 is 0 Å². The molecule has 0 saturated heterocycles. The molecule has 1 aromatic rings. The van der Waals surface area contributed by atoms with Gasteiger partial charge in [-0.05, 0) is 20.8 Å². The molecule has 1 aliphatic heterocycles. The zero-order chi connectivity index (χ0) is 12.8. The summed E-state index contributed by atoms with van der Waals surface area (Å²) >= 11 is 0. The van der Waals surface area contributed by atoms with Crippen molar-refractivity contribution in [3.63, 3.8) is 0 Å². The molecule has 92 valence electrons. The van der Waals surface area contributed by atoms with Gasteiger partial charge in [0.1, 0.15) is 6.54 Å². The molecule has 0 unspecified atom stereocenters. The van der Waals surface area contributed by atoms with E-state index in [2.05, 4.69) is 70.4 Å². The van der Waals surface area contributed by atoms with Crippen LogP contribution in [-0.4, -0.2) is 16.8 Å². The van der Waals surface area contributed by atoms with Crippen molar-refractivity contribution in [1.29, 1.82) is 0 Å². The first kappa shape index (κ1) is 12.3. The zero-order valence-corrected chi connectivity index (χ0v) is 12.0. The molecule has 1 heterocycles. The van der Waals surface area contributed by atoms with Gasteiger partial charge in [0.15, 0.2) is 5.71 Å². The largest absolute Gasteiger partial charge is 0.209 e. The summed E-state index contributed by atoms with van der Waals surface area (Å²) in [6, 6.07) is 8.82. The number of nitrogens with zero attached hydrogens (tertiary/aromatic N) is 1. The number of fused-ring (bicyclic) bond motifs is 1. The van der Waals surface area contributed by atoms with Crippen LogP contribution in [0.5, 0.6) is 0 Å². The molecule has 0 fully saturated rings. The maximum Gasteiger partial charge on any atom is 0.209 e. The number of hydrogen-bond donors (Lipinski definition) is 0. The molecule has 17 heavy (non-hydrogen) atoms. The fraction of sp³-hybridized carbons (Fsp3) is 0.562. The van der Waals surface area contributed by atoms with Gasteiger partial charge in [0.2, 0.25) is 5.69 Å². The average molecular weight is 230 g/mol. The van der Waals surface area contributed by atoms with Gasteiger partial charge in [-0.15, -0.1) is 0 Å². The molecule has 1 aliphatic rings. The quantitative estimate of drug-likeness (QED) is 0.638. The highest BCUT2D eigenvalue weighted by Gasteiger charge is 2.49. The third kappa shape index (κ3) is 1.72. The predicted octanol–water partition coefficient (Wildman–Crippen LogP) is 4.13. The molecular weight excluding hydrogens is 206 g/mol. The molecule has 0 aliphatic carbocycles. The normalized spacial score (nSPS) is 18.5. The maximum absolute atomic E-state index is 2.50. The highest BCUT2D eigenvalue weighted by Crippen LogP contribution is 2.44. The number of rotatable bonds is 1. The van der Waals surface area contributed by atoms with Gasteiger partial charge in [0.25, 0.3) is 0 Å². The molecule has 0 saturated carbocycles. The lowest BCUT2D eigenvalue weighted by molar-refractivity contribution is -0.438. The van der Waals surface area contributed by atoms with Crippen LogP contribution in [0, 0.1) is 5.41 Å². The Labute approximate surface area is 105 Å². The highest BCUT2D eigenvalue weighted by atomic mass is 15.1. The summed E-state index contributed by atoms with van der Waals surface area (Å²) in [4.78, 5) is 0. The zero-order valence-electron chi connectivity index (χ0n) is 12.0. The number of hydrogen-bond acceptors (Lipinski definition) is 0. The Hall–Kier alpha value is -1.11. The molecule has 0 spiro atoms. The van der Waals surface area contributed by atoms with Crippen molar-refractivity contribution in [2.75, 3.05) is 6.54 Å². The van der Waals surface area contributed by atoms with Crippen LogP contribution in [0.1, 0.15) is 47.1 Å². The molecule has 0 radical (unpaired) electrons. The van der Waals surface area contributed by atoms with Crippen LogP contribution in [0.15, 0.2) is 24.3 Å². The van der Waals surface area contributed by atoms with Gasteiger partial charge in [0.05, 0.1) is 5.41 Å². The smallest absolute Gasteiger partial charge is 0.199 e. The van der Waals surface area contributed by atoms with E-state index in [-0.39, 0.29) is 10.8 Å². The summed E-state index contributed by atoms with van der Waals surface area (Å²) in [7, 11) is 0. The molecule has 0 N–H and O–H groups in total. The minimum atomic E-state index is 0.144. The van der Waals surface area contributed by atoms with Crippen molar-refractivity contribution in [3.05, 3.63) is 29.8 Å². The minimum Gasteiger partial charge on any atom is -0.199 e. The van der Waals surface area contributed by atoms with E-state index in [1.54, 1.807) is 0 Å². The second kappa shape index (κ2) is 3.69. The first-order chi connectivity index (χ1) is 7.80. The Balaban J connectivity index is 2.74. The molecular formula is C16H24N+. The van der Waals surface area contributed by atoms with Crippen molar-refractivity contribution in [3.8, 4) is 0 Å². The average Bonchev–Trinajstić information content (AvgIpc) is 2.46. The van der Waals surface area contributed by atoms with Crippen molar-refractivity contribution in [2.24, 2.45) is 5.41 Å². The molecule has 0 aromatic heterocycles. The predicted molar refractivity (Wildman–Crippen MR) is 74.4 cm³/mol. The minimum absolute atomic E-state index is 0.144. The highest BCUT2D eigenvalue weighted by molar-refractivity contribution is 5.98. The monoisotopic (exact) mass is 230 g/mol. The number of para-hydroxylation sites is 1. The van der Waals surface area contributed by atoms with E-state index < -0.39 is 0 Å². The Bertz CT molecular complexity index is 473. The molecule has 1 nitrogen and oxygen atoms in total. The second-order valence-corrected chi connectivity index (χ2v) is 6.49.